The molecule has 2 amide bonds. The molecule has 2 aromatic carbocycles. The molecule has 0 radical (unpaired) electrons. The van der Waals surface area contributed by atoms with Crippen molar-refractivity contribution in [2.45, 2.75) is 46.0 Å². The molecule has 29 heavy (non-hydrogen) atoms. The van der Waals surface area contributed by atoms with Crippen LogP contribution in [0.25, 0.3) is 0 Å². The van der Waals surface area contributed by atoms with Crippen LogP contribution >= 0.6 is 0 Å². The molecule has 0 spiro atoms. The molecule has 0 bridgehead atoms. The minimum Gasteiger partial charge on any atom is -0.497 e. The van der Waals surface area contributed by atoms with Crippen LogP contribution in [0.1, 0.15) is 57.1 Å². The van der Waals surface area contributed by atoms with E-state index in [1.807, 2.05) is 30.3 Å². The number of nitrogens with one attached hydrogen (secondary N) is 1. The summed E-state index contributed by atoms with van der Waals surface area (Å²) in [5.74, 6) is 0.757. The second kappa shape index (κ2) is 8.68. The lowest BCUT2D eigenvalue weighted by Gasteiger charge is -2.22. The average molecular weight is 395 g/mol. The monoisotopic (exact) mass is 394 g/mol. The predicted octanol–water partition coefficient (Wildman–Crippen LogP) is 4.93. The Balaban J connectivity index is 1.81. The number of carbonyl (C=O) groups excluding carboxylic acids is 2. The van der Waals surface area contributed by atoms with Gasteiger partial charge in [0.25, 0.3) is 0 Å². The Kier molecular flexibility index (Phi) is 6.26. The van der Waals surface area contributed by atoms with Gasteiger partial charge >= 0.3 is 0 Å². The molecule has 1 aliphatic heterocycles. The fourth-order valence-corrected chi connectivity index (χ4v) is 3.83. The zero-order valence-electron chi connectivity index (χ0n) is 17.9. The first-order valence-electron chi connectivity index (χ1n) is 10.2. The normalized spacial score (nSPS) is 16.6. The molecule has 1 aliphatic rings. The summed E-state index contributed by atoms with van der Waals surface area (Å²) in [6.45, 7) is 8.87. The Morgan fingerprint density at radius 3 is 2.28 bits per heavy atom. The van der Waals surface area contributed by atoms with E-state index >= 15 is 0 Å². The molecule has 0 saturated carbocycles. The van der Waals surface area contributed by atoms with E-state index in [0.29, 0.717) is 24.1 Å². The van der Waals surface area contributed by atoms with E-state index in [0.717, 1.165) is 22.5 Å². The van der Waals surface area contributed by atoms with Crippen LogP contribution < -0.4 is 15.0 Å². The van der Waals surface area contributed by atoms with Gasteiger partial charge in [0, 0.05) is 30.4 Å². The van der Waals surface area contributed by atoms with Crippen LogP contribution in [0, 0.1) is 5.92 Å². The molecule has 154 valence electrons. The molecule has 1 fully saturated rings. The number of benzene rings is 2. The topological polar surface area (TPSA) is 58.6 Å². The standard InChI is InChI=1S/C24H30N2O3/c1-15(2)20-10-7-11-21(16(3)4)23(20)25-24(28)17-12-22(27)26(14-17)18-8-6-9-19(13-18)29-5/h6-11,13,15-17H,12,14H2,1-5H3,(H,25,28)/t17-/m1/s1. The van der Waals surface area contributed by atoms with Crippen LogP contribution in [0.4, 0.5) is 11.4 Å². The van der Waals surface area contributed by atoms with Crippen molar-refractivity contribution in [1.82, 2.24) is 0 Å². The first-order valence-corrected chi connectivity index (χ1v) is 10.2. The van der Waals surface area contributed by atoms with Gasteiger partial charge in [-0.3, -0.25) is 9.59 Å². The SMILES string of the molecule is COc1cccc(N2C[C@H](C(=O)Nc3c(C(C)C)cccc3C(C)C)CC2=O)c1. The quantitative estimate of drug-likeness (QED) is 0.755. The van der Waals surface area contributed by atoms with E-state index in [-0.39, 0.29) is 24.2 Å². The van der Waals surface area contributed by atoms with Gasteiger partial charge in [0.15, 0.2) is 0 Å². The molecular formula is C24H30N2O3. The van der Waals surface area contributed by atoms with Gasteiger partial charge in [0.2, 0.25) is 11.8 Å². The van der Waals surface area contributed by atoms with Gasteiger partial charge in [-0.15, -0.1) is 0 Å². The first kappa shape index (κ1) is 20.9. The highest BCUT2D eigenvalue weighted by Gasteiger charge is 2.35. The van der Waals surface area contributed by atoms with Crippen molar-refractivity contribution < 1.29 is 14.3 Å². The third-order valence-corrected chi connectivity index (χ3v) is 5.48. The number of hydrogen-bond donors (Lipinski definition) is 1. The number of para-hydroxylation sites is 1. The van der Waals surface area contributed by atoms with Gasteiger partial charge in [0.1, 0.15) is 5.75 Å². The number of nitrogens with zero attached hydrogens (tertiary/aromatic N) is 1. The summed E-state index contributed by atoms with van der Waals surface area (Å²) in [5, 5.41) is 3.16. The second-order valence-electron chi connectivity index (χ2n) is 8.22. The van der Waals surface area contributed by atoms with E-state index in [4.69, 9.17) is 4.74 Å². The third kappa shape index (κ3) is 4.44. The van der Waals surface area contributed by atoms with Crippen molar-refractivity contribution in [1.29, 1.82) is 0 Å². The predicted molar refractivity (Wildman–Crippen MR) is 117 cm³/mol. The van der Waals surface area contributed by atoms with Crippen molar-refractivity contribution in [3.63, 3.8) is 0 Å². The van der Waals surface area contributed by atoms with E-state index in [9.17, 15) is 9.59 Å². The van der Waals surface area contributed by atoms with Crippen LogP contribution in [-0.2, 0) is 9.59 Å². The average Bonchev–Trinajstić information content (AvgIpc) is 3.09. The zero-order chi connectivity index (χ0) is 21.1. The number of amides is 2. The Bertz CT molecular complexity index is 878. The molecule has 5 nitrogen and oxygen atoms in total. The molecule has 3 rings (SSSR count). The summed E-state index contributed by atoms with van der Waals surface area (Å²) in [6, 6.07) is 13.6. The largest absolute Gasteiger partial charge is 0.497 e. The van der Waals surface area contributed by atoms with Gasteiger partial charge in [-0.05, 0) is 35.1 Å². The fraction of sp³-hybridized carbons (Fsp3) is 0.417. The zero-order valence-corrected chi connectivity index (χ0v) is 17.9. The van der Waals surface area contributed by atoms with E-state index in [1.165, 1.54) is 0 Å². The maximum atomic E-state index is 13.1. The summed E-state index contributed by atoms with van der Waals surface area (Å²) in [6.07, 6.45) is 0.212. The van der Waals surface area contributed by atoms with Crippen molar-refractivity contribution in [2.75, 3.05) is 23.9 Å². The summed E-state index contributed by atoms with van der Waals surface area (Å²) in [5.41, 5.74) is 3.90. The van der Waals surface area contributed by atoms with Gasteiger partial charge < -0.3 is 15.0 Å². The highest BCUT2D eigenvalue weighted by molar-refractivity contribution is 6.04. The first-order chi connectivity index (χ1) is 13.8. The number of ether oxygens (including phenoxy) is 1. The number of carbonyl (C=O) groups is 2. The number of anilines is 2. The number of rotatable bonds is 6. The molecule has 0 aromatic heterocycles. The Morgan fingerprint density at radius 1 is 1.07 bits per heavy atom. The lowest BCUT2D eigenvalue weighted by molar-refractivity contribution is -0.122. The molecule has 0 unspecified atom stereocenters. The molecule has 2 aromatic rings. The maximum Gasteiger partial charge on any atom is 0.229 e. The molecule has 1 N–H and O–H groups in total. The molecule has 1 heterocycles. The fourth-order valence-electron chi connectivity index (χ4n) is 3.83. The van der Waals surface area contributed by atoms with Crippen LogP contribution in [0.15, 0.2) is 42.5 Å². The van der Waals surface area contributed by atoms with Crippen LogP contribution in [0.2, 0.25) is 0 Å². The maximum absolute atomic E-state index is 13.1. The van der Waals surface area contributed by atoms with Gasteiger partial charge in [0.05, 0.1) is 13.0 Å². The van der Waals surface area contributed by atoms with Crippen LogP contribution in [0.5, 0.6) is 5.75 Å². The summed E-state index contributed by atoms with van der Waals surface area (Å²) >= 11 is 0. The molecule has 1 saturated heterocycles. The van der Waals surface area contributed by atoms with Crippen LogP contribution in [-0.4, -0.2) is 25.5 Å². The molecule has 0 aliphatic carbocycles. The highest BCUT2D eigenvalue weighted by Crippen LogP contribution is 2.34. The smallest absolute Gasteiger partial charge is 0.229 e. The Labute approximate surface area is 173 Å². The van der Waals surface area contributed by atoms with Gasteiger partial charge in [-0.2, -0.15) is 0 Å². The number of methoxy groups -OCH3 is 1. The van der Waals surface area contributed by atoms with Gasteiger partial charge in [-0.1, -0.05) is 52.0 Å². The van der Waals surface area contributed by atoms with Crippen LogP contribution in [0.3, 0.4) is 0 Å². The molecular weight excluding hydrogens is 364 g/mol. The highest BCUT2D eigenvalue weighted by atomic mass is 16.5. The van der Waals surface area contributed by atoms with E-state index < -0.39 is 0 Å². The van der Waals surface area contributed by atoms with Gasteiger partial charge in [-0.25, -0.2) is 0 Å². The minimum absolute atomic E-state index is 0.0420. The number of hydrogen-bond acceptors (Lipinski definition) is 3. The second-order valence-corrected chi connectivity index (χ2v) is 8.22. The summed E-state index contributed by atoms with van der Waals surface area (Å²) < 4.78 is 5.26. The van der Waals surface area contributed by atoms with E-state index in [1.54, 1.807) is 12.0 Å². The van der Waals surface area contributed by atoms with Crippen molar-refractivity contribution in [2.24, 2.45) is 5.92 Å². The lowest BCUT2D eigenvalue weighted by Crippen LogP contribution is -2.28. The van der Waals surface area contributed by atoms with Crippen molar-refractivity contribution >= 4 is 23.2 Å². The van der Waals surface area contributed by atoms with Crippen molar-refractivity contribution in [3.05, 3.63) is 53.6 Å². The molecule has 1 atom stereocenters. The lowest BCUT2D eigenvalue weighted by atomic mass is 9.92. The third-order valence-electron chi connectivity index (χ3n) is 5.48. The van der Waals surface area contributed by atoms with Crippen molar-refractivity contribution in [3.8, 4) is 5.75 Å². The van der Waals surface area contributed by atoms with E-state index in [2.05, 4.69) is 45.1 Å². The summed E-state index contributed by atoms with van der Waals surface area (Å²) in [4.78, 5) is 27.4. The summed E-state index contributed by atoms with van der Waals surface area (Å²) in [7, 11) is 1.60. The Morgan fingerprint density at radius 2 is 1.69 bits per heavy atom. The Hall–Kier alpha value is -2.82. The minimum atomic E-state index is -0.381. The molecule has 5 heteroatoms.